The molecular weight excluding hydrogens is 512 g/mol. The molecule has 4 aromatic rings. The number of carbonyl (C=O) groups excluding carboxylic acids is 3. The predicted octanol–water partition coefficient (Wildman–Crippen LogP) is 7.14. The quantitative estimate of drug-likeness (QED) is 0.118. The largest absolute Gasteiger partial charge is 0.494 e. The molecule has 1 amide bonds. The summed E-state index contributed by atoms with van der Waals surface area (Å²) in [6.07, 6.45) is 5.60. The molecule has 0 unspecified atom stereocenters. The van der Waals surface area contributed by atoms with Crippen LogP contribution in [0.4, 0.5) is 11.4 Å². The second kappa shape index (κ2) is 16.2. The molecule has 0 spiro atoms. The Hall–Kier alpha value is -4.97. The number of aryl methyl sites for hydroxylation is 1. The zero-order chi connectivity index (χ0) is 29.5. The van der Waals surface area contributed by atoms with Gasteiger partial charge in [-0.15, -0.1) is 0 Å². The van der Waals surface area contributed by atoms with E-state index in [1.807, 2.05) is 73.7 Å². The van der Waals surface area contributed by atoms with Gasteiger partial charge in [-0.1, -0.05) is 79.2 Å². The van der Waals surface area contributed by atoms with Crippen molar-refractivity contribution in [1.29, 1.82) is 0 Å². The first-order valence-electron chi connectivity index (χ1n) is 13.6. The van der Waals surface area contributed by atoms with Gasteiger partial charge in [-0.05, 0) is 60.9 Å². The zero-order valence-electron chi connectivity index (χ0n) is 23.7. The summed E-state index contributed by atoms with van der Waals surface area (Å²) in [5.74, 6) is 0.423. The van der Waals surface area contributed by atoms with Gasteiger partial charge in [0.2, 0.25) is 5.91 Å². The fraction of sp³-hybridized carbons (Fsp3) is 0.171. The minimum atomic E-state index is -0.276. The Morgan fingerprint density at radius 1 is 0.878 bits per heavy atom. The summed E-state index contributed by atoms with van der Waals surface area (Å²) in [6, 6.07) is 29.8. The SMILES string of the molecule is CCCOc1ccc(/C=C/C(=O)Nc2ccc(NC)c(C(=O)c3ccccc3)c2)cc1.Cc1ccc(CC=O)cc1. The number of amides is 1. The average molecular weight is 549 g/mol. The van der Waals surface area contributed by atoms with Crippen LogP contribution in [0.15, 0.2) is 103 Å². The van der Waals surface area contributed by atoms with Crippen LogP contribution in [0.5, 0.6) is 5.75 Å². The van der Waals surface area contributed by atoms with Gasteiger partial charge in [-0.25, -0.2) is 0 Å². The van der Waals surface area contributed by atoms with Gasteiger partial charge in [-0.2, -0.15) is 0 Å². The van der Waals surface area contributed by atoms with Gasteiger partial charge in [0.25, 0.3) is 0 Å². The maximum atomic E-state index is 12.9. The second-order valence-corrected chi connectivity index (χ2v) is 9.30. The Kier molecular flexibility index (Phi) is 12.1. The minimum absolute atomic E-state index is 0.109. The number of anilines is 2. The number of aldehydes is 1. The van der Waals surface area contributed by atoms with Crippen molar-refractivity contribution in [3.8, 4) is 5.75 Å². The lowest BCUT2D eigenvalue weighted by atomic mass is 10.0. The molecule has 6 nitrogen and oxygen atoms in total. The van der Waals surface area contributed by atoms with Crippen LogP contribution in [0.2, 0.25) is 0 Å². The molecule has 0 saturated carbocycles. The van der Waals surface area contributed by atoms with E-state index in [4.69, 9.17) is 4.74 Å². The molecule has 0 fully saturated rings. The summed E-state index contributed by atoms with van der Waals surface area (Å²) in [4.78, 5) is 35.3. The zero-order valence-corrected chi connectivity index (χ0v) is 23.7. The molecule has 0 radical (unpaired) electrons. The highest BCUT2D eigenvalue weighted by molar-refractivity contribution is 6.13. The molecule has 2 N–H and O–H groups in total. The second-order valence-electron chi connectivity index (χ2n) is 9.30. The highest BCUT2D eigenvalue weighted by atomic mass is 16.5. The first-order valence-corrected chi connectivity index (χ1v) is 13.6. The standard InChI is InChI=1S/C26H26N2O3.C9H10O/c1-3-17-31-22-13-9-19(10-14-22)11-16-25(29)28-21-12-15-24(27-2)23(18-21)26(30)20-7-5-4-6-8-20;1-8-2-4-9(5-3-8)6-7-10/h4-16,18,27H,3,17H2,1-2H3,(H,28,29);2-5,7H,6H2,1H3/b16-11+;. The summed E-state index contributed by atoms with van der Waals surface area (Å²) in [7, 11) is 1.76. The van der Waals surface area contributed by atoms with Crippen molar-refractivity contribution in [2.75, 3.05) is 24.3 Å². The fourth-order valence-corrected chi connectivity index (χ4v) is 3.84. The van der Waals surface area contributed by atoms with E-state index in [2.05, 4.69) is 17.6 Å². The molecule has 0 heterocycles. The first-order chi connectivity index (χ1) is 19.9. The summed E-state index contributed by atoms with van der Waals surface area (Å²) in [5, 5.41) is 5.85. The number of hydrogen-bond donors (Lipinski definition) is 2. The Morgan fingerprint density at radius 3 is 2.22 bits per heavy atom. The van der Waals surface area contributed by atoms with Crippen LogP contribution in [0.1, 0.15) is 46.0 Å². The summed E-state index contributed by atoms with van der Waals surface area (Å²) in [5.41, 5.74) is 5.55. The predicted molar refractivity (Wildman–Crippen MR) is 167 cm³/mol. The summed E-state index contributed by atoms with van der Waals surface area (Å²) < 4.78 is 5.56. The topological polar surface area (TPSA) is 84.5 Å². The van der Waals surface area contributed by atoms with E-state index >= 15 is 0 Å². The van der Waals surface area contributed by atoms with Gasteiger partial charge >= 0.3 is 0 Å². The number of hydrogen-bond acceptors (Lipinski definition) is 5. The van der Waals surface area contributed by atoms with E-state index in [0.717, 1.165) is 29.6 Å². The van der Waals surface area contributed by atoms with Crippen LogP contribution in [-0.4, -0.2) is 31.6 Å². The molecule has 4 aromatic carbocycles. The molecule has 0 atom stereocenters. The molecule has 0 aromatic heterocycles. The van der Waals surface area contributed by atoms with Crippen LogP contribution in [0.25, 0.3) is 6.08 Å². The van der Waals surface area contributed by atoms with Gasteiger partial charge in [0.15, 0.2) is 5.78 Å². The normalized spacial score (nSPS) is 10.3. The van der Waals surface area contributed by atoms with Crippen LogP contribution in [0.3, 0.4) is 0 Å². The first kappa shape index (κ1) is 30.6. The molecule has 0 bridgehead atoms. The Bertz CT molecular complexity index is 1440. The van der Waals surface area contributed by atoms with Gasteiger partial charge in [-0.3, -0.25) is 9.59 Å². The molecule has 210 valence electrons. The number of nitrogens with one attached hydrogen (secondary N) is 2. The number of carbonyl (C=O) groups is 3. The molecule has 0 aliphatic rings. The number of rotatable bonds is 11. The third kappa shape index (κ3) is 9.93. The van der Waals surface area contributed by atoms with Crippen molar-refractivity contribution in [1.82, 2.24) is 0 Å². The molecule has 0 saturated heterocycles. The van der Waals surface area contributed by atoms with E-state index in [1.54, 1.807) is 43.5 Å². The van der Waals surface area contributed by atoms with E-state index in [-0.39, 0.29) is 11.7 Å². The Morgan fingerprint density at radius 2 is 1.59 bits per heavy atom. The summed E-state index contributed by atoms with van der Waals surface area (Å²) >= 11 is 0. The minimum Gasteiger partial charge on any atom is -0.494 e. The Labute approximate surface area is 242 Å². The maximum Gasteiger partial charge on any atom is 0.248 e. The highest BCUT2D eigenvalue weighted by Gasteiger charge is 2.14. The molecule has 0 aliphatic heterocycles. The van der Waals surface area contributed by atoms with Gasteiger partial charge in [0, 0.05) is 42.0 Å². The van der Waals surface area contributed by atoms with Crippen molar-refractivity contribution in [3.05, 3.63) is 131 Å². The van der Waals surface area contributed by atoms with Crippen molar-refractivity contribution in [2.24, 2.45) is 0 Å². The lowest BCUT2D eigenvalue weighted by Crippen LogP contribution is -2.10. The van der Waals surface area contributed by atoms with Crippen LogP contribution < -0.4 is 15.4 Å². The van der Waals surface area contributed by atoms with Crippen molar-refractivity contribution >= 4 is 35.4 Å². The van der Waals surface area contributed by atoms with Crippen LogP contribution in [-0.2, 0) is 16.0 Å². The monoisotopic (exact) mass is 548 g/mol. The summed E-state index contributed by atoms with van der Waals surface area (Å²) in [6.45, 7) is 4.77. The number of benzene rings is 4. The highest BCUT2D eigenvalue weighted by Crippen LogP contribution is 2.23. The van der Waals surface area contributed by atoms with E-state index in [1.165, 1.54) is 11.6 Å². The molecule has 41 heavy (non-hydrogen) atoms. The number of ketones is 1. The van der Waals surface area contributed by atoms with E-state index in [9.17, 15) is 14.4 Å². The Balaban J connectivity index is 0.000000389. The van der Waals surface area contributed by atoms with Crippen LogP contribution in [0, 0.1) is 6.92 Å². The number of ether oxygens (including phenoxy) is 1. The van der Waals surface area contributed by atoms with Gasteiger partial charge < -0.3 is 20.2 Å². The van der Waals surface area contributed by atoms with Gasteiger partial charge in [0.1, 0.15) is 12.0 Å². The smallest absolute Gasteiger partial charge is 0.248 e. The third-order valence-corrected chi connectivity index (χ3v) is 6.06. The lowest BCUT2D eigenvalue weighted by molar-refractivity contribution is -0.112. The molecule has 0 aliphatic carbocycles. The molecule has 4 rings (SSSR count). The maximum absolute atomic E-state index is 12.9. The van der Waals surface area contributed by atoms with E-state index in [0.29, 0.717) is 35.5 Å². The van der Waals surface area contributed by atoms with Crippen molar-refractivity contribution < 1.29 is 19.1 Å². The van der Waals surface area contributed by atoms with Crippen molar-refractivity contribution in [3.63, 3.8) is 0 Å². The lowest BCUT2D eigenvalue weighted by Gasteiger charge is -2.11. The van der Waals surface area contributed by atoms with Gasteiger partial charge in [0.05, 0.1) is 6.61 Å². The fourth-order valence-electron chi connectivity index (χ4n) is 3.84. The molecular formula is C35H36N2O4. The molecule has 6 heteroatoms. The average Bonchev–Trinajstić information content (AvgIpc) is 3.01. The van der Waals surface area contributed by atoms with Crippen molar-refractivity contribution in [2.45, 2.75) is 26.7 Å². The third-order valence-electron chi connectivity index (χ3n) is 6.06. The van der Waals surface area contributed by atoms with E-state index < -0.39 is 0 Å². The van der Waals surface area contributed by atoms with Crippen LogP contribution >= 0.6 is 0 Å².